The Morgan fingerprint density at radius 2 is 2.44 bits per heavy atom. The maximum Gasteiger partial charge on any atom is 0.136 e. The van der Waals surface area contributed by atoms with Crippen molar-refractivity contribution in [1.29, 1.82) is 5.26 Å². The Balaban J connectivity index is 1.87. The quantitative estimate of drug-likeness (QED) is 0.885. The number of methoxy groups -OCH3 is 1. The fourth-order valence-corrected chi connectivity index (χ4v) is 3.36. The predicted molar refractivity (Wildman–Crippen MR) is 74.9 cm³/mol. The summed E-state index contributed by atoms with van der Waals surface area (Å²) in [5.74, 6) is 1.96. The van der Waals surface area contributed by atoms with E-state index < -0.39 is 0 Å². The number of nitriles is 1. The van der Waals surface area contributed by atoms with Gasteiger partial charge in [-0.2, -0.15) is 17.0 Å². The molecule has 3 nitrogen and oxygen atoms in total. The molecule has 4 heteroatoms. The average molecular weight is 262 g/mol. The van der Waals surface area contributed by atoms with Crippen LogP contribution in [0.5, 0.6) is 5.75 Å². The molecule has 1 aromatic carbocycles. The van der Waals surface area contributed by atoms with Crippen LogP contribution in [0.15, 0.2) is 18.2 Å². The zero-order chi connectivity index (χ0) is 12.8. The van der Waals surface area contributed by atoms with Gasteiger partial charge in [0, 0.05) is 18.3 Å². The van der Waals surface area contributed by atoms with Gasteiger partial charge in [-0.3, -0.25) is 0 Å². The molecule has 0 bridgehead atoms. The summed E-state index contributed by atoms with van der Waals surface area (Å²) in [4.78, 5) is 0. The molecular weight excluding hydrogens is 244 g/mol. The van der Waals surface area contributed by atoms with Crippen LogP contribution in [0.3, 0.4) is 0 Å². The molecule has 2 rings (SSSR count). The minimum absolute atomic E-state index is 0.590. The first-order valence-electron chi connectivity index (χ1n) is 6.23. The topological polar surface area (TPSA) is 45.0 Å². The smallest absolute Gasteiger partial charge is 0.136 e. The van der Waals surface area contributed by atoms with E-state index in [0.29, 0.717) is 11.3 Å². The maximum absolute atomic E-state index is 8.91. The molecule has 0 radical (unpaired) electrons. The predicted octanol–water partition coefficient (Wildman–Crippen LogP) is 2.55. The molecule has 1 aliphatic heterocycles. The number of benzene rings is 1. The summed E-state index contributed by atoms with van der Waals surface area (Å²) < 4.78 is 5.20. The van der Waals surface area contributed by atoms with E-state index in [1.54, 1.807) is 7.11 Å². The first kappa shape index (κ1) is 13.3. The number of thioether (sulfide) groups is 1. The molecule has 0 aliphatic carbocycles. The number of nitrogens with one attached hydrogen (secondary N) is 1. The Hall–Kier alpha value is -1.18. The Labute approximate surface area is 113 Å². The van der Waals surface area contributed by atoms with Gasteiger partial charge in [0.2, 0.25) is 0 Å². The lowest BCUT2D eigenvalue weighted by Gasteiger charge is -2.11. The van der Waals surface area contributed by atoms with Crippen molar-refractivity contribution in [3.63, 3.8) is 0 Å². The van der Waals surface area contributed by atoms with Crippen molar-refractivity contribution in [2.75, 3.05) is 19.4 Å². The van der Waals surface area contributed by atoms with Gasteiger partial charge < -0.3 is 10.1 Å². The van der Waals surface area contributed by atoms with Crippen molar-refractivity contribution in [3.05, 3.63) is 29.3 Å². The third-order valence-corrected chi connectivity index (χ3v) is 4.51. The van der Waals surface area contributed by atoms with Crippen LogP contribution < -0.4 is 10.1 Å². The standard InChI is InChI=1S/C14H18N2OS/c1-17-14-7-11(4-5-12(14)8-15)9-16-10-13-3-2-6-18-13/h4-5,7,13,16H,2-3,6,9-10H2,1H3. The van der Waals surface area contributed by atoms with Crippen LogP contribution >= 0.6 is 11.8 Å². The molecule has 18 heavy (non-hydrogen) atoms. The minimum atomic E-state index is 0.590. The van der Waals surface area contributed by atoms with Gasteiger partial charge in [0.25, 0.3) is 0 Å². The molecular formula is C14H18N2OS. The molecule has 1 fully saturated rings. The summed E-state index contributed by atoms with van der Waals surface area (Å²) in [6, 6.07) is 7.87. The average Bonchev–Trinajstić information content (AvgIpc) is 2.91. The summed E-state index contributed by atoms with van der Waals surface area (Å²) in [7, 11) is 1.60. The Kier molecular flexibility index (Phi) is 4.91. The van der Waals surface area contributed by atoms with Crippen LogP contribution in [0.1, 0.15) is 24.0 Å². The first-order chi connectivity index (χ1) is 8.83. The van der Waals surface area contributed by atoms with Crippen LogP contribution in [-0.2, 0) is 6.54 Å². The molecule has 0 amide bonds. The third kappa shape index (κ3) is 3.41. The van der Waals surface area contributed by atoms with Crippen LogP contribution in [-0.4, -0.2) is 24.7 Å². The lowest BCUT2D eigenvalue weighted by molar-refractivity contribution is 0.412. The molecule has 0 saturated carbocycles. The van der Waals surface area contributed by atoms with Crippen LogP contribution in [0, 0.1) is 11.3 Å². The molecule has 96 valence electrons. The zero-order valence-corrected chi connectivity index (χ0v) is 11.4. The van der Waals surface area contributed by atoms with E-state index in [0.717, 1.165) is 23.9 Å². The van der Waals surface area contributed by atoms with Crippen molar-refractivity contribution in [1.82, 2.24) is 5.32 Å². The number of hydrogen-bond acceptors (Lipinski definition) is 4. The van der Waals surface area contributed by atoms with Gasteiger partial charge in [-0.05, 0) is 36.3 Å². The lowest BCUT2D eigenvalue weighted by atomic mass is 10.1. The third-order valence-electron chi connectivity index (χ3n) is 3.11. The summed E-state index contributed by atoms with van der Waals surface area (Å²) in [6.07, 6.45) is 2.68. The van der Waals surface area contributed by atoms with E-state index in [4.69, 9.17) is 10.00 Å². The number of ether oxygens (including phenoxy) is 1. The van der Waals surface area contributed by atoms with Gasteiger partial charge in [0.1, 0.15) is 11.8 Å². The van der Waals surface area contributed by atoms with Crippen LogP contribution in [0.2, 0.25) is 0 Å². The largest absolute Gasteiger partial charge is 0.495 e. The van der Waals surface area contributed by atoms with E-state index in [1.165, 1.54) is 18.6 Å². The second kappa shape index (κ2) is 6.67. The number of rotatable bonds is 5. The normalized spacial score (nSPS) is 18.6. The van der Waals surface area contributed by atoms with E-state index in [2.05, 4.69) is 23.1 Å². The monoisotopic (exact) mass is 262 g/mol. The van der Waals surface area contributed by atoms with Gasteiger partial charge in [-0.25, -0.2) is 0 Å². The summed E-state index contributed by atoms with van der Waals surface area (Å²) in [5, 5.41) is 13.2. The molecule has 1 N–H and O–H groups in total. The molecule has 1 unspecified atom stereocenters. The van der Waals surface area contributed by atoms with Gasteiger partial charge >= 0.3 is 0 Å². The van der Waals surface area contributed by atoms with E-state index >= 15 is 0 Å². The second-order valence-electron chi connectivity index (χ2n) is 4.41. The van der Waals surface area contributed by atoms with Crippen molar-refractivity contribution in [3.8, 4) is 11.8 Å². The lowest BCUT2D eigenvalue weighted by Crippen LogP contribution is -2.22. The van der Waals surface area contributed by atoms with Crippen molar-refractivity contribution < 1.29 is 4.74 Å². The first-order valence-corrected chi connectivity index (χ1v) is 7.27. The fourth-order valence-electron chi connectivity index (χ4n) is 2.12. The highest BCUT2D eigenvalue weighted by Gasteiger charge is 2.14. The SMILES string of the molecule is COc1cc(CNCC2CCCS2)ccc1C#N. The maximum atomic E-state index is 8.91. The van der Waals surface area contributed by atoms with E-state index in [9.17, 15) is 0 Å². The highest BCUT2D eigenvalue weighted by atomic mass is 32.2. The minimum Gasteiger partial charge on any atom is -0.495 e. The molecule has 0 aromatic heterocycles. The Bertz CT molecular complexity index is 436. The zero-order valence-electron chi connectivity index (χ0n) is 10.6. The van der Waals surface area contributed by atoms with E-state index in [1.807, 2.05) is 18.2 Å². The Morgan fingerprint density at radius 1 is 1.56 bits per heavy atom. The van der Waals surface area contributed by atoms with Crippen molar-refractivity contribution >= 4 is 11.8 Å². The number of hydrogen-bond donors (Lipinski definition) is 1. The van der Waals surface area contributed by atoms with Crippen molar-refractivity contribution in [2.24, 2.45) is 0 Å². The summed E-state index contributed by atoms with van der Waals surface area (Å²) in [6.45, 7) is 1.89. The van der Waals surface area contributed by atoms with Gasteiger partial charge in [-0.1, -0.05) is 6.07 Å². The van der Waals surface area contributed by atoms with Crippen molar-refractivity contribution in [2.45, 2.75) is 24.6 Å². The molecule has 1 aliphatic rings. The van der Waals surface area contributed by atoms with Crippen LogP contribution in [0.4, 0.5) is 0 Å². The van der Waals surface area contributed by atoms with Gasteiger partial charge in [0.15, 0.2) is 0 Å². The number of nitrogens with zero attached hydrogens (tertiary/aromatic N) is 1. The molecule has 1 saturated heterocycles. The van der Waals surface area contributed by atoms with Crippen LogP contribution in [0.25, 0.3) is 0 Å². The van der Waals surface area contributed by atoms with Gasteiger partial charge in [-0.15, -0.1) is 0 Å². The van der Waals surface area contributed by atoms with E-state index in [-0.39, 0.29) is 0 Å². The highest BCUT2D eigenvalue weighted by molar-refractivity contribution is 8.00. The summed E-state index contributed by atoms with van der Waals surface area (Å²) in [5.41, 5.74) is 1.75. The summed E-state index contributed by atoms with van der Waals surface area (Å²) >= 11 is 2.06. The molecule has 1 atom stereocenters. The molecule has 0 spiro atoms. The Morgan fingerprint density at radius 3 is 3.11 bits per heavy atom. The molecule has 1 aromatic rings. The second-order valence-corrected chi connectivity index (χ2v) is 5.82. The highest BCUT2D eigenvalue weighted by Crippen LogP contribution is 2.25. The van der Waals surface area contributed by atoms with Gasteiger partial charge in [0.05, 0.1) is 12.7 Å². The fraction of sp³-hybridized carbons (Fsp3) is 0.500. The molecule has 1 heterocycles.